The molecule has 230 valence electrons. The molecule has 6 N–H and O–H groups in total. The van der Waals surface area contributed by atoms with Crippen molar-refractivity contribution in [1.82, 2.24) is 14.5 Å². The summed E-state index contributed by atoms with van der Waals surface area (Å²) in [6.07, 6.45) is -3.75. The summed E-state index contributed by atoms with van der Waals surface area (Å²) in [4.78, 5) is 31.5. The van der Waals surface area contributed by atoms with E-state index in [2.05, 4.69) is 9.97 Å². The Balaban J connectivity index is 1.68. The predicted octanol–water partition coefficient (Wildman–Crippen LogP) is 2.89. The lowest BCUT2D eigenvalue weighted by Crippen LogP contribution is -2.58. The summed E-state index contributed by atoms with van der Waals surface area (Å²) in [5.41, 5.74) is 8.02. The second kappa shape index (κ2) is 11.8. The first-order chi connectivity index (χ1) is 19.6. The summed E-state index contributed by atoms with van der Waals surface area (Å²) in [6, 6.07) is 9.67. The van der Waals surface area contributed by atoms with Crippen LogP contribution in [0.2, 0.25) is 0 Å². The Morgan fingerprint density at radius 1 is 1.29 bits per heavy atom. The third kappa shape index (κ3) is 6.23. The van der Waals surface area contributed by atoms with Crippen LogP contribution in [-0.2, 0) is 23.4 Å². The fraction of sp³-hybridized carbons (Fsp3) is 0.519. The molecule has 6 atom stereocenters. The van der Waals surface area contributed by atoms with E-state index in [0.717, 1.165) is 0 Å². The highest BCUT2D eigenvalue weighted by atomic mass is 31.2. The molecule has 0 radical (unpaired) electrons. The third-order valence-corrected chi connectivity index (χ3v) is 9.19. The average molecular weight is 610 g/mol. The number of para-hydroxylation sites is 1. The van der Waals surface area contributed by atoms with Gasteiger partial charge in [0, 0.05) is 6.20 Å². The second-order valence-corrected chi connectivity index (χ2v) is 13.2. The number of anilines is 1. The quantitative estimate of drug-likeness (QED) is 0.184. The minimum atomic E-state index is -4.19. The number of alkyl halides is 1. The zero-order valence-corrected chi connectivity index (χ0v) is 24.9. The van der Waals surface area contributed by atoms with Crippen LogP contribution in [0.1, 0.15) is 40.8 Å². The molecule has 1 saturated heterocycles. The molecule has 4 rings (SSSR count). The number of nitrogens with two attached hydrogens (primary N) is 2. The maximum atomic E-state index is 14.6. The number of halogens is 1. The van der Waals surface area contributed by atoms with E-state index in [1.54, 1.807) is 44.2 Å². The highest BCUT2D eigenvalue weighted by Gasteiger charge is 2.61. The van der Waals surface area contributed by atoms with Gasteiger partial charge in [-0.05, 0) is 45.9 Å². The molecular weight excluding hydrogens is 572 g/mol. The van der Waals surface area contributed by atoms with Crippen LogP contribution in [-0.4, -0.2) is 67.9 Å². The highest BCUT2D eigenvalue weighted by molar-refractivity contribution is 7.54. The maximum Gasteiger partial charge on any atom is 0.380 e. The number of aromatic nitrogens is 3. The number of aliphatic hydroxyl groups is 1. The van der Waals surface area contributed by atoms with E-state index >= 15 is 0 Å². The Morgan fingerprint density at radius 3 is 2.57 bits per heavy atom. The van der Waals surface area contributed by atoms with Crippen molar-refractivity contribution >= 4 is 30.5 Å². The molecule has 1 aromatic carbocycles. The first kappa shape index (κ1) is 31.6. The Labute approximate surface area is 241 Å². The van der Waals surface area contributed by atoms with Crippen molar-refractivity contribution < 1.29 is 37.4 Å². The van der Waals surface area contributed by atoms with Gasteiger partial charge in [-0.15, -0.1) is 0 Å². The number of aromatic amines is 1. The van der Waals surface area contributed by atoms with Crippen molar-refractivity contribution in [2.45, 2.75) is 70.3 Å². The molecule has 3 aromatic rings. The lowest BCUT2D eigenvalue weighted by atomic mass is 9.86. The summed E-state index contributed by atoms with van der Waals surface area (Å²) in [5.74, 6) is -1.45. The van der Waals surface area contributed by atoms with Crippen LogP contribution < -0.4 is 21.6 Å². The van der Waals surface area contributed by atoms with E-state index in [0.29, 0.717) is 0 Å². The van der Waals surface area contributed by atoms with Crippen molar-refractivity contribution in [3.63, 3.8) is 0 Å². The number of aliphatic hydroxyl groups excluding tert-OH is 1. The number of hydrogen-bond acceptors (Lipinski definition) is 11. The number of ether oxygens (including phenoxy) is 2. The lowest BCUT2D eigenvalue weighted by Gasteiger charge is -2.37. The topological polar surface area (TPSA) is 194 Å². The van der Waals surface area contributed by atoms with Gasteiger partial charge in [0.15, 0.2) is 11.9 Å². The molecule has 0 spiro atoms. The van der Waals surface area contributed by atoms with E-state index in [1.807, 2.05) is 0 Å². The van der Waals surface area contributed by atoms with Crippen molar-refractivity contribution in [2.75, 3.05) is 18.6 Å². The molecule has 13 nitrogen and oxygen atoms in total. The fourth-order valence-corrected chi connectivity index (χ4v) is 7.20. The van der Waals surface area contributed by atoms with E-state index in [1.165, 1.54) is 37.6 Å². The number of H-pyrrole nitrogens is 1. The first-order valence-electron chi connectivity index (χ1n) is 13.4. The molecule has 3 heterocycles. The minimum Gasteiger partial charge on any atom is -0.463 e. The molecule has 1 aliphatic heterocycles. The number of hydrogen-bond donors (Lipinski definition) is 4. The molecule has 0 aliphatic carbocycles. The van der Waals surface area contributed by atoms with E-state index in [9.17, 15) is 23.7 Å². The van der Waals surface area contributed by atoms with Crippen molar-refractivity contribution in [1.29, 1.82) is 0 Å². The van der Waals surface area contributed by atoms with Gasteiger partial charge < -0.3 is 35.1 Å². The molecule has 0 amide bonds. The predicted molar refractivity (Wildman–Crippen MR) is 153 cm³/mol. The number of esters is 1. The molecule has 1 unspecified atom stereocenters. The number of rotatable bonds is 11. The van der Waals surface area contributed by atoms with Crippen LogP contribution in [0.25, 0.3) is 11.0 Å². The normalized spacial score (nSPS) is 24.9. The smallest absolute Gasteiger partial charge is 0.380 e. The number of fused-ring (bicyclic) bond motifs is 1. The Kier molecular flexibility index (Phi) is 8.87. The van der Waals surface area contributed by atoms with Crippen molar-refractivity contribution in [3.05, 3.63) is 52.9 Å². The van der Waals surface area contributed by atoms with Crippen molar-refractivity contribution in [3.8, 4) is 5.75 Å². The molecular formula is C27H37FN5O8P. The number of nitrogens with one attached hydrogen (secondary N) is 1. The summed E-state index contributed by atoms with van der Waals surface area (Å²) in [6.45, 7) is 6.64. The molecule has 15 heteroatoms. The maximum absolute atomic E-state index is 14.6. The Morgan fingerprint density at radius 2 is 1.95 bits per heavy atom. The van der Waals surface area contributed by atoms with Crippen LogP contribution in [0.4, 0.5) is 10.3 Å². The van der Waals surface area contributed by atoms with Crippen molar-refractivity contribution in [2.24, 2.45) is 11.7 Å². The second-order valence-electron chi connectivity index (χ2n) is 11.3. The van der Waals surface area contributed by atoms with Gasteiger partial charge in [0.05, 0.1) is 23.6 Å². The Hall–Kier alpha value is -3.29. The van der Waals surface area contributed by atoms with E-state index in [-0.39, 0.29) is 28.9 Å². The summed E-state index contributed by atoms with van der Waals surface area (Å²) in [7, 11) is -4.19. The number of nitrogen functional groups attached to an aromatic ring is 1. The molecule has 1 aliphatic rings. The monoisotopic (exact) mass is 609 g/mol. The summed E-state index contributed by atoms with van der Waals surface area (Å²) >= 11 is 0. The number of nitrogens with zero attached hydrogens (tertiary/aromatic N) is 2. The van der Waals surface area contributed by atoms with Gasteiger partial charge in [-0.1, -0.05) is 25.1 Å². The minimum absolute atomic E-state index is 0.0617. The standard InChI is InChI=1S/C27H37FN5O8P/c1-15(2)38-23(36)16(3)13-42(37,40-17-9-7-6-8-10-17)41-26(4,5)20-19(34)27(30,14-28)24(39-20)33-12-11-18-21(33)31-25(29)32-22(18)35/h6-12,15-16,19-20,24,34H,13-14,30H2,1-5H3,(H3,29,31,32,35)/t16-,19+,20+,24-,27?,42+/m1/s1. The highest BCUT2D eigenvalue weighted by Crippen LogP contribution is 2.55. The lowest BCUT2D eigenvalue weighted by molar-refractivity contribution is -0.151. The van der Waals surface area contributed by atoms with Crippen LogP contribution in [0.3, 0.4) is 0 Å². The number of carbonyl (C=O) groups is 1. The SMILES string of the molecule is CC(C)OC(=O)[C@H](C)C[P@](=O)(Oc1ccccc1)OC(C)(C)[C@H]1O[C@@H](n2ccc3c(=O)[nH]c(N)nc32)C(N)(CF)[C@H]1O. The molecule has 2 aromatic heterocycles. The Bertz CT molecular complexity index is 1530. The average Bonchev–Trinajstić information content (AvgIpc) is 3.42. The van der Waals surface area contributed by atoms with Crippen LogP contribution in [0, 0.1) is 5.92 Å². The molecule has 42 heavy (non-hydrogen) atoms. The van der Waals surface area contributed by atoms with Gasteiger partial charge >= 0.3 is 13.6 Å². The third-order valence-electron chi connectivity index (χ3n) is 6.96. The van der Waals surface area contributed by atoms with Crippen LogP contribution in [0.15, 0.2) is 47.4 Å². The molecule has 0 saturated carbocycles. The number of carbonyl (C=O) groups excluding carboxylic acids is 1. The zero-order chi connectivity index (χ0) is 31.0. The molecule has 1 fully saturated rings. The van der Waals surface area contributed by atoms with Gasteiger partial charge in [-0.2, -0.15) is 4.98 Å². The van der Waals surface area contributed by atoms with E-state index in [4.69, 9.17) is 30.0 Å². The van der Waals surface area contributed by atoms with Crippen LogP contribution in [0.5, 0.6) is 5.75 Å². The number of benzene rings is 1. The van der Waals surface area contributed by atoms with E-state index < -0.39 is 67.4 Å². The van der Waals surface area contributed by atoms with Gasteiger partial charge in [0.1, 0.15) is 35.8 Å². The van der Waals surface area contributed by atoms with Gasteiger partial charge in [0.2, 0.25) is 5.95 Å². The summed E-state index contributed by atoms with van der Waals surface area (Å²) in [5, 5.41) is 11.5. The van der Waals surface area contributed by atoms with Gasteiger partial charge in [-0.3, -0.25) is 19.1 Å². The molecule has 0 bridgehead atoms. The largest absolute Gasteiger partial charge is 0.463 e. The first-order valence-corrected chi connectivity index (χ1v) is 15.1. The van der Waals surface area contributed by atoms with Gasteiger partial charge in [0.25, 0.3) is 5.56 Å². The zero-order valence-electron chi connectivity index (χ0n) is 24.0. The fourth-order valence-electron chi connectivity index (χ4n) is 4.93. The van der Waals surface area contributed by atoms with Crippen LogP contribution >= 0.6 is 7.60 Å². The van der Waals surface area contributed by atoms with Gasteiger partial charge in [-0.25, -0.2) is 8.96 Å². The summed E-state index contributed by atoms with van der Waals surface area (Å²) < 4.78 is 53.6.